The third-order valence-corrected chi connectivity index (χ3v) is 9.39. The van der Waals surface area contributed by atoms with Gasteiger partial charge in [0, 0.05) is 18.4 Å². The van der Waals surface area contributed by atoms with Crippen molar-refractivity contribution in [2.75, 3.05) is 18.5 Å². The van der Waals surface area contributed by atoms with Gasteiger partial charge in [0.25, 0.3) is 0 Å². The number of benzene rings is 4. The standard InChI is InChI=1S/C45H53N5O3/c1-7-8-12-29-38-48-39-40(50(38)32-44(5,6)52-31-30-46-42(51)53-43(2,3)4)36-27-19-20-28-37(36)47-41(39)49-45(33-21-13-9-14-22-33,34-23-15-10-16-24-34)35-25-17-11-18-26-35/h9-11,13-28H,7-8,12,29-32H2,1-6H3,(H,46,51)(H,47,49). The van der Waals surface area contributed by atoms with Crippen molar-refractivity contribution < 1.29 is 14.3 Å². The molecule has 0 aliphatic carbocycles. The molecule has 8 nitrogen and oxygen atoms in total. The van der Waals surface area contributed by atoms with Gasteiger partial charge in [-0.05, 0) is 63.8 Å². The van der Waals surface area contributed by atoms with Crippen molar-refractivity contribution in [2.45, 2.75) is 90.5 Å². The normalized spacial score (nSPS) is 12.3. The minimum absolute atomic E-state index is 0.340. The van der Waals surface area contributed by atoms with Crippen molar-refractivity contribution in [2.24, 2.45) is 0 Å². The Labute approximate surface area is 314 Å². The van der Waals surface area contributed by atoms with Crippen LogP contribution < -0.4 is 10.6 Å². The van der Waals surface area contributed by atoms with E-state index in [9.17, 15) is 4.79 Å². The zero-order chi connectivity index (χ0) is 37.5. The molecule has 0 spiro atoms. The lowest BCUT2D eigenvalue weighted by molar-refractivity contribution is -0.0283. The summed E-state index contributed by atoms with van der Waals surface area (Å²) >= 11 is 0. The molecule has 53 heavy (non-hydrogen) atoms. The molecule has 0 saturated carbocycles. The molecule has 2 N–H and O–H groups in total. The maximum absolute atomic E-state index is 12.3. The van der Waals surface area contributed by atoms with Gasteiger partial charge in [-0.15, -0.1) is 0 Å². The topological polar surface area (TPSA) is 90.3 Å². The van der Waals surface area contributed by atoms with E-state index in [1.807, 2.05) is 26.8 Å². The van der Waals surface area contributed by atoms with Gasteiger partial charge < -0.3 is 24.7 Å². The van der Waals surface area contributed by atoms with Crippen molar-refractivity contribution in [1.29, 1.82) is 0 Å². The molecule has 0 aliphatic heterocycles. The van der Waals surface area contributed by atoms with Crippen LogP contribution in [0.5, 0.6) is 0 Å². The molecule has 0 aliphatic rings. The Hall–Kier alpha value is -5.21. The van der Waals surface area contributed by atoms with Gasteiger partial charge in [-0.3, -0.25) is 0 Å². The molecule has 2 heterocycles. The average Bonchev–Trinajstić information content (AvgIpc) is 3.50. The van der Waals surface area contributed by atoms with Gasteiger partial charge in [0.05, 0.1) is 29.8 Å². The number of nitrogens with zero attached hydrogens (tertiary/aromatic N) is 3. The summed E-state index contributed by atoms with van der Waals surface area (Å²) in [5.74, 6) is 1.72. The molecule has 1 amide bonds. The number of aryl methyl sites for hydroxylation is 1. The third kappa shape index (κ3) is 8.71. The first-order chi connectivity index (χ1) is 25.5. The van der Waals surface area contributed by atoms with Gasteiger partial charge in [-0.1, -0.05) is 129 Å². The number of nitrogens with one attached hydrogen (secondary N) is 2. The Balaban J connectivity index is 1.48. The highest BCUT2D eigenvalue weighted by atomic mass is 16.6. The first kappa shape index (κ1) is 37.5. The first-order valence-electron chi connectivity index (χ1n) is 18.8. The summed E-state index contributed by atoms with van der Waals surface area (Å²) in [7, 11) is 0. The molecule has 4 aromatic carbocycles. The van der Waals surface area contributed by atoms with E-state index < -0.39 is 22.8 Å². The van der Waals surface area contributed by atoms with Crippen LogP contribution in [0.4, 0.5) is 10.6 Å². The SMILES string of the molecule is CCCCCc1nc2c(NC(c3ccccc3)(c3ccccc3)c3ccccc3)nc3ccccc3c2n1CC(C)(C)OCCNC(=O)OC(C)(C)C. The van der Waals surface area contributed by atoms with Crippen LogP contribution in [0.2, 0.25) is 0 Å². The number of hydrogen-bond donors (Lipinski definition) is 2. The molecule has 0 saturated heterocycles. The lowest BCUT2D eigenvalue weighted by atomic mass is 9.77. The molecule has 0 radical (unpaired) electrons. The Morgan fingerprint density at radius 3 is 1.87 bits per heavy atom. The Kier molecular flexibility index (Phi) is 11.5. The number of carbonyl (C=O) groups excluding carboxylic acids is 1. The summed E-state index contributed by atoms with van der Waals surface area (Å²) in [6, 6.07) is 40.1. The molecule has 0 fully saturated rings. The molecule has 6 aromatic rings. The van der Waals surface area contributed by atoms with Gasteiger partial charge in [0.1, 0.15) is 22.5 Å². The van der Waals surface area contributed by atoms with E-state index in [4.69, 9.17) is 19.4 Å². The van der Waals surface area contributed by atoms with E-state index in [-0.39, 0.29) is 0 Å². The number of rotatable bonds is 15. The van der Waals surface area contributed by atoms with E-state index >= 15 is 0 Å². The molecule has 0 bridgehead atoms. The first-order valence-corrected chi connectivity index (χ1v) is 18.8. The summed E-state index contributed by atoms with van der Waals surface area (Å²) in [6.07, 6.45) is 3.63. The van der Waals surface area contributed by atoms with Gasteiger partial charge in [-0.25, -0.2) is 14.8 Å². The van der Waals surface area contributed by atoms with Gasteiger partial charge in [0.2, 0.25) is 0 Å². The fraction of sp³-hybridized carbons (Fsp3) is 0.356. The summed E-state index contributed by atoms with van der Waals surface area (Å²) < 4.78 is 14.2. The highest BCUT2D eigenvalue weighted by Gasteiger charge is 2.38. The second-order valence-corrected chi connectivity index (χ2v) is 15.3. The molecular weight excluding hydrogens is 659 g/mol. The van der Waals surface area contributed by atoms with Crippen molar-refractivity contribution in [1.82, 2.24) is 19.9 Å². The predicted octanol–water partition coefficient (Wildman–Crippen LogP) is 10.0. The van der Waals surface area contributed by atoms with Crippen LogP contribution >= 0.6 is 0 Å². The van der Waals surface area contributed by atoms with Crippen LogP contribution in [0, 0.1) is 0 Å². The summed E-state index contributed by atoms with van der Waals surface area (Å²) in [4.78, 5) is 23.1. The Morgan fingerprint density at radius 2 is 1.30 bits per heavy atom. The van der Waals surface area contributed by atoms with Gasteiger partial charge in [-0.2, -0.15) is 0 Å². The molecule has 0 atom stereocenters. The number of hydrogen-bond acceptors (Lipinski definition) is 6. The van der Waals surface area contributed by atoms with Crippen LogP contribution in [-0.4, -0.2) is 45.0 Å². The van der Waals surface area contributed by atoms with Crippen LogP contribution in [0.15, 0.2) is 115 Å². The molecule has 6 rings (SSSR count). The third-order valence-electron chi connectivity index (χ3n) is 9.39. The number of pyridine rings is 1. The van der Waals surface area contributed by atoms with E-state index in [0.29, 0.717) is 25.5 Å². The van der Waals surface area contributed by atoms with Crippen molar-refractivity contribution in [3.63, 3.8) is 0 Å². The Morgan fingerprint density at radius 1 is 0.736 bits per heavy atom. The number of amides is 1. The highest BCUT2D eigenvalue weighted by molar-refractivity contribution is 6.07. The number of fused-ring (bicyclic) bond motifs is 3. The molecule has 8 heteroatoms. The average molecular weight is 712 g/mol. The lowest BCUT2D eigenvalue weighted by Gasteiger charge is -2.37. The van der Waals surface area contributed by atoms with Crippen molar-refractivity contribution in [3.05, 3.63) is 138 Å². The molecule has 2 aromatic heterocycles. The number of imidazole rings is 1. The fourth-order valence-corrected chi connectivity index (χ4v) is 7.04. The van der Waals surface area contributed by atoms with Crippen molar-refractivity contribution in [3.8, 4) is 0 Å². The number of ether oxygens (including phenoxy) is 2. The van der Waals surface area contributed by atoms with Crippen LogP contribution in [0.25, 0.3) is 21.9 Å². The second kappa shape index (κ2) is 16.2. The molecule has 276 valence electrons. The number of para-hydroxylation sites is 1. The smallest absolute Gasteiger partial charge is 0.407 e. The lowest BCUT2D eigenvalue weighted by Crippen LogP contribution is -2.38. The summed E-state index contributed by atoms with van der Waals surface area (Å²) in [5.41, 5.74) is 4.10. The highest BCUT2D eigenvalue weighted by Crippen LogP contribution is 2.42. The number of alkyl carbamates (subject to hydrolysis) is 1. The second-order valence-electron chi connectivity index (χ2n) is 15.3. The maximum Gasteiger partial charge on any atom is 0.407 e. The van der Waals surface area contributed by atoms with Crippen LogP contribution in [-0.2, 0) is 28.0 Å². The quantitative estimate of drug-likeness (QED) is 0.0814. The van der Waals surface area contributed by atoms with Crippen molar-refractivity contribution >= 4 is 33.8 Å². The summed E-state index contributed by atoms with van der Waals surface area (Å²) in [6.45, 7) is 13.2. The van der Waals surface area contributed by atoms with E-state index in [1.54, 1.807) is 0 Å². The van der Waals surface area contributed by atoms with Crippen LogP contribution in [0.1, 0.15) is 83.3 Å². The molecule has 0 unspecified atom stereocenters. The monoisotopic (exact) mass is 711 g/mol. The minimum Gasteiger partial charge on any atom is -0.444 e. The Bertz CT molecular complexity index is 2010. The number of unbranched alkanes of at least 4 members (excludes halogenated alkanes) is 2. The van der Waals surface area contributed by atoms with Gasteiger partial charge >= 0.3 is 6.09 Å². The van der Waals surface area contributed by atoms with Gasteiger partial charge in [0.15, 0.2) is 5.82 Å². The number of carbonyl (C=O) groups is 1. The minimum atomic E-state index is -0.776. The van der Waals surface area contributed by atoms with E-state index in [0.717, 1.165) is 70.1 Å². The summed E-state index contributed by atoms with van der Waals surface area (Å²) in [5, 5.41) is 7.90. The van der Waals surface area contributed by atoms with E-state index in [2.05, 4.69) is 145 Å². The largest absolute Gasteiger partial charge is 0.444 e. The zero-order valence-corrected chi connectivity index (χ0v) is 32.0. The zero-order valence-electron chi connectivity index (χ0n) is 32.0. The van der Waals surface area contributed by atoms with E-state index in [1.165, 1.54) is 0 Å². The van der Waals surface area contributed by atoms with Crippen LogP contribution in [0.3, 0.4) is 0 Å². The molecular formula is C45H53N5O3. The fourth-order valence-electron chi connectivity index (χ4n) is 7.04. The predicted molar refractivity (Wildman–Crippen MR) is 215 cm³/mol. The number of aromatic nitrogens is 3. The number of anilines is 1. The maximum atomic E-state index is 12.3.